The van der Waals surface area contributed by atoms with Crippen molar-refractivity contribution in [3.05, 3.63) is 47.6 Å². The minimum absolute atomic E-state index is 0.00415. The van der Waals surface area contributed by atoms with Crippen LogP contribution in [0.2, 0.25) is 0 Å². The van der Waals surface area contributed by atoms with Gasteiger partial charge in [-0.15, -0.1) is 0 Å². The van der Waals surface area contributed by atoms with Crippen LogP contribution in [0.25, 0.3) is 5.65 Å². The number of ether oxygens (including phenoxy) is 2. The van der Waals surface area contributed by atoms with E-state index in [0.717, 1.165) is 43.0 Å². The Morgan fingerprint density at radius 1 is 1.29 bits per heavy atom. The Hall–Kier alpha value is -2.67. The van der Waals surface area contributed by atoms with Crippen molar-refractivity contribution in [2.24, 2.45) is 0 Å². The molecule has 1 aliphatic heterocycles. The van der Waals surface area contributed by atoms with Gasteiger partial charge in [0.15, 0.2) is 11.7 Å². The van der Waals surface area contributed by atoms with E-state index in [9.17, 15) is 4.79 Å². The van der Waals surface area contributed by atoms with Gasteiger partial charge in [0.25, 0.3) is 0 Å². The van der Waals surface area contributed by atoms with E-state index in [1.807, 2.05) is 30.5 Å². The molecule has 0 spiro atoms. The van der Waals surface area contributed by atoms with Gasteiger partial charge in [-0.1, -0.05) is 0 Å². The summed E-state index contributed by atoms with van der Waals surface area (Å²) in [5, 5.41) is 0. The number of pyridine rings is 1. The standard InChI is InChI=1S/C21H25N3O4/c1-13(2)28-20-9-21-23-17(15-4-6-26-7-5-15)11-24(21)10-16(20)8-19(25)18-12-27-14(3)22-18/h9-13,15H,4-8H2,1-3H3. The normalized spacial score (nSPS) is 15.4. The maximum atomic E-state index is 12.6. The highest BCUT2D eigenvalue weighted by atomic mass is 16.5. The quantitative estimate of drug-likeness (QED) is 0.604. The Morgan fingerprint density at radius 2 is 2.07 bits per heavy atom. The maximum Gasteiger partial charge on any atom is 0.191 e. The zero-order valence-electron chi connectivity index (χ0n) is 16.5. The number of aryl methyl sites for hydroxylation is 1. The predicted octanol–water partition coefficient (Wildman–Crippen LogP) is 3.74. The third-order valence-electron chi connectivity index (χ3n) is 4.91. The molecule has 4 heterocycles. The predicted molar refractivity (Wildman–Crippen MR) is 103 cm³/mol. The van der Waals surface area contributed by atoms with Crippen LogP contribution in [-0.2, 0) is 11.2 Å². The molecule has 0 aromatic carbocycles. The number of carbonyl (C=O) groups excluding carboxylic acids is 1. The number of aromatic nitrogens is 3. The molecule has 3 aromatic heterocycles. The summed E-state index contributed by atoms with van der Waals surface area (Å²) < 4.78 is 18.6. The highest BCUT2D eigenvalue weighted by Gasteiger charge is 2.21. The Balaban J connectivity index is 1.67. The number of oxazole rings is 1. The zero-order valence-corrected chi connectivity index (χ0v) is 16.5. The van der Waals surface area contributed by atoms with Crippen molar-refractivity contribution in [2.45, 2.75) is 52.1 Å². The molecule has 0 unspecified atom stereocenters. The maximum absolute atomic E-state index is 12.6. The molecule has 28 heavy (non-hydrogen) atoms. The SMILES string of the molecule is Cc1nc(C(=O)Cc2cn3cc(C4CCOCC4)nc3cc2OC(C)C)co1. The number of hydrogen-bond donors (Lipinski definition) is 0. The molecule has 0 saturated carbocycles. The van der Waals surface area contributed by atoms with Crippen molar-refractivity contribution in [3.63, 3.8) is 0 Å². The van der Waals surface area contributed by atoms with Gasteiger partial charge in [0.2, 0.25) is 0 Å². The second-order valence-electron chi connectivity index (χ2n) is 7.50. The first-order valence-electron chi connectivity index (χ1n) is 9.71. The number of fused-ring (bicyclic) bond motifs is 1. The van der Waals surface area contributed by atoms with E-state index in [-0.39, 0.29) is 18.3 Å². The number of nitrogens with zero attached hydrogens (tertiary/aromatic N) is 3. The van der Waals surface area contributed by atoms with Crippen molar-refractivity contribution in [1.82, 2.24) is 14.4 Å². The Bertz CT molecular complexity index is 983. The van der Waals surface area contributed by atoms with Crippen LogP contribution in [0, 0.1) is 6.92 Å². The van der Waals surface area contributed by atoms with Gasteiger partial charge in [-0.2, -0.15) is 0 Å². The molecule has 1 saturated heterocycles. The van der Waals surface area contributed by atoms with Gasteiger partial charge in [0, 0.05) is 56.5 Å². The van der Waals surface area contributed by atoms with Crippen molar-refractivity contribution < 1.29 is 18.7 Å². The van der Waals surface area contributed by atoms with Gasteiger partial charge in [-0.05, 0) is 26.7 Å². The highest BCUT2D eigenvalue weighted by Crippen LogP contribution is 2.29. The molecule has 7 nitrogen and oxygen atoms in total. The summed E-state index contributed by atoms with van der Waals surface area (Å²) in [5.74, 6) is 1.47. The largest absolute Gasteiger partial charge is 0.491 e. The molecule has 0 radical (unpaired) electrons. The monoisotopic (exact) mass is 383 g/mol. The molecule has 0 bridgehead atoms. The molecular formula is C21H25N3O4. The number of ketones is 1. The molecule has 0 amide bonds. The van der Waals surface area contributed by atoms with Gasteiger partial charge < -0.3 is 18.3 Å². The first kappa shape index (κ1) is 18.7. The van der Waals surface area contributed by atoms with Crippen LogP contribution >= 0.6 is 0 Å². The molecule has 0 aliphatic carbocycles. The molecule has 148 valence electrons. The first-order valence-corrected chi connectivity index (χ1v) is 9.71. The van der Waals surface area contributed by atoms with Crippen LogP contribution in [0.1, 0.15) is 60.2 Å². The lowest BCUT2D eigenvalue weighted by atomic mass is 9.97. The fourth-order valence-corrected chi connectivity index (χ4v) is 3.52. The van der Waals surface area contributed by atoms with Crippen LogP contribution in [0.3, 0.4) is 0 Å². The fraction of sp³-hybridized carbons (Fsp3) is 0.476. The zero-order chi connectivity index (χ0) is 19.7. The minimum atomic E-state index is -0.102. The second-order valence-corrected chi connectivity index (χ2v) is 7.50. The smallest absolute Gasteiger partial charge is 0.191 e. The lowest BCUT2D eigenvalue weighted by Gasteiger charge is -2.19. The van der Waals surface area contributed by atoms with E-state index in [1.54, 1.807) is 6.92 Å². The van der Waals surface area contributed by atoms with Crippen LogP contribution in [0.5, 0.6) is 5.75 Å². The number of rotatable bonds is 6. The fourth-order valence-electron chi connectivity index (χ4n) is 3.52. The van der Waals surface area contributed by atoms with E-state index in [4.69, 9.17) is 18.9 Å². The van der Waals surface area contributed by atoms with Crippen LogP contribution in [-0.4, -0.2) is 39.5 Å². The van der Waals surface area contributed by atoms with Gasteiger partial charge in [-0.25, -0.2) is 9.97 Å². The molecular weight excluding hydrogens is 358 g/mol. The second kappa shape index (κ2) is 7.75. The summed E-state index contributed by atoms with van der Waals surface area (Å²) in [7, 11) is 0. The third-order valence-corrected chi connectivity index (χ3v) is 4.91. The van der Waals surface area contributed by atoms with Crippen molar-refractivity contribution in [3.8, 4) is 5.75 Å². The number of imidazole rings is 1. The van der Waals surface area contributed by atoms with Gasteiger partial charge in [0.05, 0.1) is 11.8 Å². The number of hydrogen-bond acceptors (Lipinski definition) is 6. The van der Waals surface area contributed by atoms with Gasteiger partial charge in [0.1, 0.15) is 23.4 Å². The van der Waals surface area contributed by atoms with Crippen LogP contribution in [0.15, 0.2) is 29.1 Å². The van der Waals surface area contributed by atoms with E-state index in [0.29, 0.717) is 23.3 Å². The van der Waals surface area contributed by atoms with Crippen molar-refractivity contribution >= 4 is 11.4 Å². The number of carbonyl (C=O) groups is 1. The molecule has 0 atom stereocenters. The van der Waals surface area contributed by atoms with Crippen LogP contribution in [0.4, 0.5) is 0 Å². The van der Waals surface area contributed by atoms with Gasteiger partial charge in [-0.3, -0.25) is 4.79 Å². The molecule has 4 rings (SSSR count). The number of Topliss-reactive ketones (excluding diaryl/α,β-unsaturated/α-hetero) is 1. The molecule has 1 fully saturated rings. The van der Waals surface area contributed by atoms with E-state index >= 15 is 0 Å². The summed E-state index contributed by atoms with van der Waals surface area (Å²) in [6.45, 7) is 7.21. The summed E-state index contributed by atoms with van der Waals surface area (Å²) >= 11 is 0. The lowest BCUT2D eigenvalue weighted by molar-refractivity contribution is 0.0846. The first-order chi connectivity index (χ1) is 13.5. The van der Waals surface area contributed by atoms with Crippen molar-refractivity contribution in [1.29, 1.82) is 0 Å². The average molecular weight is 383 g/mol. The Kier molecular flexibility index (Phi) is 5.17. The lowest BCUT2D eigenvalue weighted by Crippen LogP contribution is -2.14. The topological polar surface area (TPSA) is 78.9 Å². The Labute approximate surface area is 163 Å². The Morgan fingerprint density at radius 3 is 2.75 bits per heavy atom. The summed E-state index contributed by atoms with van der Waals surface area (Å²) in [6.07, 6.45) is 7.54. The average Bonchev–Trinajstić information content (AvgIpc) is 3.28. The molecule has 1 aliphatic rings. The highest BCUT2D eigenvalue weighted by molar-refractivity contribution is 5.95. The van der Waals surface area contributed by atoms with E-state index in [2.05, 4.69) is 11.2 Å². The summed E-state index contributed by atoms with van der Waals surface area (Å²) in [4.78, 5) is 21.6. The third kappa shape index (κ3) is 3.94. The molecule has 3 aromatic rings. The summed E-state index contributed by atoms with van der Waals surface area (Å²) in [5.41, 5.74) is 3.03. The molecule has 7 heteroatoms. The van der Waals surface area contributed by atoms with Crippen molar-refractivity contribution in [2.75, 3.05) is 13.2 Å². The van der Waals surface area contributed by atoms with Gasteiger partial charge >= 0.3 is 0 Å². The van der Waals surface area contributed by atoms with Crippen LogP contribution < -0.4 is 4.74 Å². The summed E-state index contributed by atoms with van der Waals surface area (Å²) in [6, 6.07) is 1.92. The molecule has 0 N–H and O–H groups in total. The minimum Gasteiger partial charge on any atom is -0.491 e. The van der Waals surface area contributed by atoms with E-state index in [1.165, 1.54) is 6.26 Å². The van der Waals surface area contributed by atoms with E-state index < -0.39 is 0 Å².